The minimum Gasteiger partial charge on any atom is -0.422 e. The lowest BCUT2D eigenvalue weighted by Gasteiger charge is -2.33. The zero-order valence-electron chi connectivity index (χ0n) is 15.8. The number of carbonyl (C=O) groups excluding carboxylic acids is 1. The maximum Gasteiger partial charge on any atom is 0.247 e. The van der Waals surface area contributed by atoms with Gasteiger partial charge in [0.1, 0.15) is 0 Å². The molecule has 7 nitrogen and oxygen atoms in total. The van der Waals surface area contributed by atoms with Crippen LogP contribution in [-0.4, -0.2) is 65.2 Å². The molecule has 0 bridgehead atoms. The number of carbonyl (C=O) groups is 1. The highest BCUT2D eigenvalue weighted by Gasteiger charge is 2.35. The lowest BCUT2D eigenvalue weighted by molar-refractivity contribution is -0.143. The van der Waals surface area contributed by atoms with Crippen molar-refractivity contribution in [3.8, 4) is 0 Å². The summed E-state index contributed by atoms with van der Waals surface area (Å²) in [7, 11) is 0. The van der Waals surface area contributed by atoms with E-state index in [9.17, 15) is 4.79 Å². The molecule has 0 aromatic carbocycles. The van der Waals surface area contributed by atoms with Gasteiger partial charge in [0, 0.05) is 25.6 Å². The van der Waals surface area contributed by atoms with Gasteiger partial charge < -0.3 is 19.0 Å². The molecular formula is C18H30N4O3. The first-order valence-corrected chi connectivity index (χ1v) is 9.40. The van der Waals surface area contributed by atoms with E-state index < -0.39 is 0 Å². The van der Waals surface area contributed by atoms with Crippen molar-refractivity contribution >= 4 is 5.91 Å². The molecule has 2 fully saturated rings. The molecule has 1 amide bonds. The number of ether oxygens (including phenoxy) is 1. The first kappa shape index (κ1) is 18.3. The van der Waals surface area contributed by atoms with Crippen LogP contribution >= 0.6 is 0 Å². The Bertz CT molecular complexity index is 587. The molecule has 0 radical (unpaired) electrons. The maximum atomic E-state index is 12.9. The molecule has 2 aliphatic rings. The van der Waals surface area contributed by atoms with E-state index in [0.717, 1.165) is 26.1 Å². The Labute approximate surface area is 149 Å². The van der Waals surface area contributed by atoms with Crippen LogP contribution in [0, 0.1) is 11.8 Å². The second-order valence-corrected chi connectivity index (χ2v) is 7.92. The third-order valence-corrected chi connectivity index (χ3v) is 4.85. The Balaban J connectivity index is 1.58. The van der Waals surface area contributed by atoms with Crippen molar-refractivity contribution in [3.63, 3.8) is 0 Å². The largest absolute Gasteiger partial charge is 0.422 e. The zero-order chi connectivity index (χ0) is 18.0. The van der Waals surface area contributed by atoms with E-state index in [1.54, 1.807) is 0 Å². The molecule has 0 N–H and O–H groups in total. The highest BCUT2D eigenvalue weighted by atomic mass is 16.5. The van der Waals surface area contributed by atoms with Gasteiger partial charge in [-0.05, 0) is 18.9 Å². The van der Waals surface area contributed by atoms with Crippen LogP contribution in [0.1, 0.15) is 57.9 Å². The maximum absolute atomic E-state index is 12.9. The third kappa shape index (κ3) is 4.39. The quantitative estimate of drug-likeness (QED) is 0.809. The van der Waals surface area contributed by atoms with Crippen molar-refractivity contribution in [2.45, 2.75) is 46.1 Å². The SMILES string of the molecule is CC(C)CN1CC[C@@H](C(=O)N2CCO[C@H](c3nnc(C(C)C)o3)C2)C1. The molecule has 2 saturated heterocycles. The number of morpholine rings is 1. The molecule has 2 aliphatic heterocycles. The lowest BCUT2D eigenvalue weighted by Crippen LogP contribution is -2.45. The molecule has 3 heterocycles. The fourth-order valence-electron chi connectivity index (χ4n) is 3.58. The van der Waals surface area contributed by atoms with Crippen LogP contribution in [0.2, 0.25) is 0 Å². The standard InChI is InChI=1S/C18H30N4O3/c1-12(2)9-21-6-5-14(10-21)18(23)22-7-8-24-15(11-22)17-20-19-16(25-17)13(3)4/h12-15H,5-11H2,1-4H3/t14-,15+/m1/s1. The van der Waals surface area contributed by atoms with Gasteiger partial charge in [0.25, 0.3) is 0 Å². The first-order chi connectivity index (χ1) is 11.9. The topological polar surface area (TPSA) is 71.7 Å². The number of aromatic nitrogens is 2. The summed E-state index contributed by atoms with van der Waals surface area (Å²) >= 11 is 0. The number of hydrogen-bond acceptors (Lipinski definition) is 6. The fraction of sp³-hybridized carbons (Fsp3) is 0.833. The predicted molar refractivity (Wildman–Crippen MR) is 93.0 cm³/mol. The van der Waals surface area contributed by atoms with Gasteiger partial charge in [-0.1, -0.05) is 27.7 Å². The summed E-state index contributed by atoms with van der Waals surface area (Å²) in [6.45, 7) is 13.1. The number of hydrogen-bond donors (Lipinski definition) is 0. The number of rotatable bonds is 5. The Hall–Kier alpha value is -1.47. The van der Waals surface area contributed by atoms with Crippen LogP contribution in [-0.2, 0) is 9.53 Å². The van der Waals surface area contributed by atoms with Crippen LogP contribution in [0.15, 0.2) is 4.42 Å². The summed E-state index contributed by atoms with van der Waals surface area (Å²) in [5, 5.41) is 8.18. The van der Waals surface area contributed by atoms with Gasteiger partial charge in [0.15, 0.2) is 6.10 Å². The molecule has 0 aliphatic carbocycles. The van der Waals surface area contributed by atoms with Crippen LogP contribution in [0.4, 0.5) is 0 Å². The van der Waals surface area contributed by atoms with Crippen LogP contribution in [0.25, 0.3) is 0 Å². The summed E-state index contributed by atoms with van der Waals surface area (Å²) in [5.41, 5.74) is 0. The van der Waals surface area contributed by atoms with E-state index in [2.05, 4.69) is 28.9 Å². The summed E-state index contributed by atoms with van der Waals surface area (Å²) in [5.74, 6) is 2.26. The lowest BCUT2D eigenvalue weighted by atomic mass is 10.1. The van der Waals surface area contributed by atoms with Gasteiger partial charge in [0.05, 0.1) is 19.1 Å². The van der Waals surface area contributed by atoms with Crippen molar-refractivity contribution in [1.82, 2.24) is 20.0 Å². The highest BCUT2D eigenvalue weighted by Crippen LogP contribution is 2.26. The molecule has 140 valence electrons. The Morgan fingerprint density at radius 1 is 1.20 bits per heavy atom. The smallest absolute Gasteiger partial charge is 0.247 e. The molecular weight excluding hydrogens is 320 g/mol. The van der Waals surface area contributed by atoms with E-state index in [4.69, 9.17) is 9.15 Å². The molecule has 0 saturated carbocycles. The number of amides is 1. The predicted octanol–water partition coefficient (Wildman–Crippen LogP) is 2.07. The second-order valence-electron chi connectivity index (χ2n) is 7.92. The van der Waals surface area contributed by atoms with E-state index >= 15 is 0 Å². The highest BCUT2D eigenvalue weighted by molar-refractivity contribution is 5.79. The summed E-state index contributed by atoms with van der Waals surface area (Å²) in [4.78, 5) is 17.2. The molecule has 3 rings (SSSR count). The van der Waals surface area contributed by atoms with Gasteiger partial charge in [-0.2, -0.15) is 0 Å². The molecule has 1 aromatic heterocycles. The van der Waals surface area contributed by atoms with Crippen LogP contribution in [0.3, 0.4) is 0 Å². The molecule has 0 unspecified atom stereocenters. The van der Waals surface area contributed by atoms with Gasteiger partial charge in [0.2, 0.25) is 17.7 Å². The van der Waals surface area contributed by atoms with Crippen molar-refractivity contribution < 1.29 is 13.9 Å². The monoisotopic (exact) mass is 350 g/mol. The second kappa shape index (κ2) is 7.83. The molecule has 25 heavy (non-hydrogen) atoms. The molecule has 0 spiro atoms. The Kier molecular flexibility index (Phi) is 5.74. The molecule has 1 aromatic rings. The molecule has 7 heteroatoms. The van der Waals surface area contributed by atoms with E-state index in [1.165, 1.54) is 0 Å². The molecule has 2 atom stereocenters. The van der Waals surface area contributed by atoms with Crippen molar-refractivity contribution in [1.29, 1.82) is 0 Å². The average Bonchev–Trinajstić information content (AvgIpc) is 3.23. The van der Waals surface area contributed by atoms with Crippen LogP contribution in [0.5, 0.6) is 0 Å². The Morgan fingerprint density at radius 3 is 2.68 bits per heavy atom. The number of likely N-dealkylation sites (tertiary alicyclic amines) is 1. The van der Waals surface area contributed by atoms with E-state index in [0.29, 0.717) is 37.4 Å². The fourth-order valence-corrected chi connectivity index (χ4v) is 3.58. The van der Waals surface area contributed by atoms with Crippen molar-refractivity contribution in [2.75, 3.05) is 39.3 Å². The van der Waals surface area contributed by atoms with Gasteiger partial charge in [-0.25, -0.2) is 0 Å². The summed E-state index contributed by atoms with van der Waals surface area (Å²) < 4.78 is 11.5. The van der Waals surface area contributed by atoms with E-state index in [1.807, 2.05) is 18.7 Å². The third-order valence-electron chi connectivity index (χ3n) is 4.85. The average molecular weight is 350 g/mol. The van der Waals surface area contributed by atoms with E-state index in [-0.39, 0.29) is 23.8 Å². The van der Waals surface area contributed by atoms with Gasteiger partial charge >= 0.3 is 0 Å². The van der Waals surface area contributed by atoms with Gasteiger partial charge in [-0.15, -0.1) is 10.2 Å². The van der Waals surface area contributed by atoms with Gasteiger partial charge in [-0.3, -0.25) is 4.79 Å². The number of nitrogens with zero attached hydrogens (tertiary/aromatic N) is 4. The summed E-state index contributed by atoms with van der Waals surface area (Å²) in [6.07, 6.45) is 0.636. The Morgan fingerprint density at radius 2 is 2.00 bits per heavy atom. The summed E-state index contributed by atoms with van der Waals surface area (Å²) in [6, 6.07) is 0. The minimum atomic E-state index is -0.314. The van der Waals surface area contributed by atoms with Crippen molar-refractivity contribution in [3.05, 3.63) is 11.8 Å². The first-order valence-electron chi connectivity index (χ1n) is 9.40. The zero-order valence-corrected chi connectivity index (χ0v) is 15.8. The van der Waals surface area contributed by atoms with Crippen molar-refractivity contribution in [2.24, 2.45) is 11.8 Å². The minimum absolute atomic E-state index is 0.103. The normalized spacial score (nSPS) is 25.3. The van der Waals surface area contributed by atoms with Crippen LogP contribution < -0.4 is 0 Å².